The van der Waals surface area contributed by atoms with E-state index in [2.05, 4.69) is 15.2 Å². The third kappa shape index (κ3) is 2.94. The van der Waals surface area contributed by atoms with Gasteiger partial charge in [-0.1, -0.05) is 11.2 Å². The molecule has 0 aliphatic rings. The Morgan fingerprint density at radius 2 is 2.29 bits per heavy atom. The molecule has 0 aromatic carbocycles. The van der Waals surface area contributed by atoms with Crippen LogP contribution in [0.25, 0.3) is 0 Å². The summed E-state index contributed by atoms with van der Waals surface area (Å²) in [5, 5.41) is 7.54. The monoisotopic (exact) mass is 252 g/mol. The number of hydrogen-bond donors (Lipinski definition) is 0. The Balaban J connectivity index is 2.07. The maximum absolute atomic E-state index is 5.86. The van der Waals surface area contributed by atoms with Gasteiger partial charge in [-0.15, -0.1) is 16.7 Å². The summed E-state index contributed by atoms with van der Waals surface area (Å²) in [4.78, 5) is 5.90. The lowest BCUT2D eigenvalue weighted by molar-refractivity contribution is 0.489. The van der Waals surface area contributed by atoms with E-state index in [1.165, 1.54) is 0 Å². The van der Waals surface area contributed by atoms with Gasteiger partial charge < -0.3 is 9.32 Å². The third-order valence-electron chi connectivity index (χ3n) is 2.24. The fourth-order valence-corrected chi connectivity index (χ4v) is 1.46. The van der Waals surface area contributed by atoms with E-state index in [-0.39, 0.29) is 5.38 Å². The highest BCUT2D eigenvalue weighted by molar-refractivity contribution is 6.20. The highest BCUT2D eigenvalue weighted by Crippen LogP contribution is 2.21. The van der Waals surface area contributed by atoms with Gasteiger partial charge in [0.1, 0.15) is 5.38 Å². The number of alkyl halides is 1. The van der Waals surface area contributed by atoms with Gasteiger partial charge >= 0.3 is 6.01 Å². The van der Waals surface area contributed by atoms with Crippen molar-refractivity contribution in [3.05, 3.63) is 36.0 Å². The second-order valence-corrected chi connectivity index (χ2v) is 4.41. The Kier molecular flexibility index (Phi) is 3.58. The van der Waals surface area contributed by atoms with Crippen LogP contribution in [0.4, 0.5) is 6.01 Å². The summed E-state index contributed by atoms with van der Waals surface area (Å²) in [7, 11) is 1.88. The SMILES string of the molecule is CC(Cl)c1nnc(N(C)Cc2cccnc2)o1. The standard InChI is InChI=1S/C11H13ClN4O/c1-8(12)10-14-15-11(17-10)16(2)7-9-4-3-5-13-6-9/h3-6,8H,7H2,1-2H3. The number of pyridine rings is 1. The van der Waals surface area contributed by atoms with Crippen molar-refractivity contribution >= 4 is 17.6 Å². The second kappa shape index (κ2) is 5.14. The summed E-state index contributed by atoms with van der Waals surface area (Å²) >= 11 is 5.86. The van der Waals surface area contributed by atoms with Gasteiger partial charge in [0, 0.05) is 26.0 Å². The molecule has 2 rings (SSSR count). The van der Waals surface area contributed by atoms with E-state index in [9.17, 15) is 0 Å². The molecular weight excluding hydrogens is 240 g/mol. The van der Waals surface area contributed by atoms with Gasteiger partial charge in [0.05, 0.1) is 0 Å². The maximum atomic E-state index is 5.86. The Morgan fingerprint density at radius 3 is 2.88 bits per heavy atom. The first-order valence-electron chi connectivity index (χ1n) is 5.24. The van der Waals surface area contributed by atoms with Crippen LogP contribution in [0.2, 0.25) is 0 Å². The predicted octanol–water partition coefficient (Wildman–Crippen LogP) is 2.40. The van der Waals surface area contributed by atoms with Crippen molar-refractivity contribution in [1.82, 2.24) is 15.2 Å². The molecule has 2 aromatic heterocycles. The molecule has 0 fully saturated rings. The van der Waals surface area contributed by atoms with Crippen LogP contribution in [0.1, 0.15) is 23.8 Å². The predicted molar refractivity (Wildman–Crippen MR) is 64.9 cm³/mol. The summed E-state index contributed by atoms with van der Waals surface area (Å²) < 4.78 is 5.43. The van der Waals surface area contributed by atoms with Crippen LogP contribution in [0.3, 0.4) is 0 Å². The molecule has 2 heterocycles. The molecule has 0 bridgehead atoms. The fraction of sp³-hybridized carbons (Fsp3) is 0.364. The van der Waals surface area contributed by atoms with Crippen LogP contribution in [-0.2, 0) is 6.54 Å². The highest BCUT2D eigenvalue weighted by atomic mass is 35.5. The maximum Gasteiger partial charge on any atom is 0.318 e. The zero-order chi connectivity index (χ0) is 12.3. The summed E-state index contributed by atoms with van der Waals surface area (Å²) in [6.07, 6.45) is 3.54. The lowest BCUT2D eigenvalue weighted by atomic mass is 10.3. The molecule has 6 heteroatoms. The van der Waals surface area contributed by atoms with E-state index >= 15 is 0 Å². The Bertz CT molecular complexity index is 471. The zero-order valence-corrected chi connectivity index (χ0v) is 10.4. The topological polar surface area (TPSA) is 55.1 Å². The molecule has 5 nitrogen and oxygen atoms in total. The number of aromatic nitrogens is 3. The van der Waals surface area contributed by atoms with Crippen molar-refractivity contribution in [3.63, 3.8) is 0 Å². The molecule has 0 saturated heterocycles. The van der Waals surface area contributed by atoms with Crippen LogP contribution in [-0.4, -0.2) is 22.2 Å². The van der Waals surface area contributed by atoms with Crippen molar-refractivity contribution in [2.75, 3.05) is 11.9 Å². The Labute approximate surface area is 104 Å². The normalized spacial score (nSPS) is 12.4. The number of anilines is 1. The van der Waals surface area contributed by atoms with E-state index in [4.69, 9.17) is 16.0 Å². The van der Waals surface area contributed by atoms with Gasteiger partial charge in [-0.05, 0) is 18.6 Å². The molecule has 0 spiro atoms. The molecule has 1 unspecified atom stereocenters. The van der Waals surface area contributed by atoms with Crippen molar-refractivity contribution in [3.8, 4) is 0 Å². The van der Waals surface area contributed by atoms with Crippen molar-refractivity contribution < 1.29 is 4.42 Å². The van der Waals surface area contributed by atoms with Crippen LogP contribution >= 0.6 is 11.6 Å². The Morgan fingerprint density at radius 1 is 1.47 bits per heavy atom. The van der Waals surface area contributed by atoms with Crippen LogP contribution in [0.5, 0.6) is 0 Å². The first-order valence-corrected chi connectivity index (χ1v) is 5.68. The molecule has 0 radical (unpaired) electrons. The molecule has 0 aliphatic heterocycles. The van der Waals surface area contributed by atoms with E-state index in [1.54, 1.807) is 19.3 Å². The minimum atomic E-state index is -0.275. The smallest absolute Gasteiger partial charge is 0.318 e. The minimum Gasteiger partial charge on any atom is -0.406 e. The zero-order valence-electron chi connectivity index (χ0n) is 9.67. The average Bonchev–Trinajstić information content (AvgIpc) is 2.79. The molecule has 0 N–H and O–H groups in total. The first kappa shape index (κ1) is 11.9. The number of halogens is 1. The molecule has 90 valence electrons. The van der Waals surface area contributed by atoms with Gasteiger partial charge in [-0.25, -0.2) is 0 Å². The first-order chi connectivity index (χ1) is 8.16. The number of hydrogen-bond acceptors (Lipinski definition) is 5. The van der Waals surface area contributed by atoms with Crippen molar-refractivity contribution in [2.45, 2.75) is 18.8 Å². The van der Waals surface area contributed by atoms with Gasteiger partial charge in [-0.3, -0.25) is 4.98 Å². The molecule has 2 aromatic rings. The van der Waals surface area contributed by atoms with Gasteiger partial charge in [0.15, 0.2) is 0 Å². The largest absolute Gasteiger partial charge is 0.406 e. The molecule has 0 aliphatic carbocycles. The lowest BCUT2D eigenvalue weighted by Gasteiger charge is -2.13. The van der Waals surface area contributed by atoms with Crippen molar-refractivity contribution in [2.24, 2.45) is 0 Å². The number of rotatable bonds is 4. The molecule has 0 saturated carbocycles. The fourth-order valence-electron chi connectivity index (χ4n) is 1.37. The summed E-state index contributed by atoms with van der Waals surface area (Å²) in [5.41, 5.74) is 1.08. The Hall–Kier alpha value is -1.62. The number of nitrogens with zero attached hydrogens (tertiary/aromatic N) is 4. The molecule has 17 heavy (non-hydrogen) atoms. The van der Waals surface area contributed by atoms with Gasteiger partial charge in [0.2, 0.25) is 5.89 Å². The van der Waals surface area contributed by atoms with Crippen LogP contribution < -0.4 is 4.90 Å². The van der Waals surface area contributed by atoms with Crippen LogP contribution in [0.15, 0.2) is 28.9 Å². The van der Waals surface area contributed by atoms with E-state index in [1.807, 2.05) is 24.1 Å². The quantitative estimate of drug-likeness (QED) is 0.782. The summed E-state index contributed by atoms with van der Waals surface area (Å²) in [6, 6.07) is 4.34. The molecule has 1 atom stereocenters. The average molecular weight is 253 g/mol. The third-order valence-corrected chi connectivity index (χ3v) is 2.43. The van der Waals surface area contributed by atoms with E-state index < -0.39 is 0 Å². The van der Waals surface area contributed by atoms with Crippen LogP contribution in [0, 0.1) is 0 Å². The van der Waals surface area contributed by atoms with Gasteiger partial charge in [-0.2, -0.15) is 0 Å². The minimum absolute atomic E-state index is 0.275. The second-order valence-electron chi connectivity index (χ2n) is 3.76. The summed E-state index contributed by atoms with van der Waals surface area (Å²) in [6.45, 7) is 2.45. The van der Waals surface area contributed by atoms with E-state index in [0.29, 0.717) is 18.5 Å². The highest BCUT2D eigenvalue weighted by Gasteiger charge is 2.14. The van der Waals surface area contributed by atoms with Gasteiger partial charge in [0.25, 0.3) is 0 Å². The van der Waals surface area contributed by atoms with E-state index in [0.717, 1.165) is 5.56 Å². The molecule has 0 amide bonds. The summed E-state index contributed by atoms with van der Waals surface area (Å²) in [5.74, 6) is 0.430. The molecular formula is C11H13ClN4O. The lowest BCUT2D eigenvalue weighted by Crippen LogP contribution is -2.16. The van der Waals surface area contributed by atoms with Crippen molar-refractivity contribution in [1.29, 1.82) is 0 Å².